The lowest BCUT2D eigenvalue weighted by atomic mass is 10.1. The zero-order valence-electron chi connectivity index (χ0n) is 11.4. The van der Waals surface area contributed by atoms with Crippen molar-refractivity contribution in [3.63, 3.8) is 0 Å². The van der Waals surface area contributed by atoms with E-state index >= 15 is 0 Å². The molecule has 0 bridgehead atoms. The second-order valence-corrected chi connectivity index (χ2v) is 6.14. The highest BCUT2D eigenvalue weighted by atomic mass is 32.1. The summed E-state index contributed by atoms with van der Waals surface area (Å²) in [4.78, 5) is 13.4. The molecule has 2 aromatic rings. The number of carbonyl (C=O) groups excluding carboxylic acids is 1. The summed E-state index contributed by atoms with van der Waals surface area (Å²) in [6.45, 7) is 0. The number of aromatic amines is 1. The summed E-state index contributed by atoms with van der Waals surface area (Å²) in [6.07, 6.45) is 6.72. The molecule has 0 saturated carbocycles. The second-order valence-electron chi connectivity index (χ2n) is 5.03. The van der Waals surface area contributed by atoms with Crippen LogP contribution in [0, 0.1) is 11.3 Å². The number of H-pyrrole nitrogens is 1. The maximum atomic E-state index is 12.2. The molecule has 0 aromatic carbocycles. The predicted octanol–water partition coefficient (Wildman–Crippen LogP) is 2.45. The van der Waals surface area contributed by atoms with E-state index in [9.17, 15) is 10.1 Å². The topological polar surface area (TPSA) is 108 Å². The summed E-state index contributed by atoms with van der Waals surface area (Å²) >= 11 is 1.50. The average molecular weight is 301 g/mol. The first-order valence-electron chi connectivity index (χ1n) is 6.85. The molecule has 1 aliphatic rings. The fraction of sp³-hybridized carbons (Fsp3) is 0.357. The van der Waals surface area contributed by atoms with Gasteiger partial charge in [0.2, 0.25) is 0 Å². The third kappa shape index (κ3) is 2.50. The maximum Gasteiger partial charge on any atom is 0.276 e. The molecular formula is C14H15N5OS. The van der Waals surface area contributed by atoms with Gasteiger partial charge >= 0.3 is 0 Å². The molecule has 6 nitrogen and oxygen atoms in total. The van der Waals surface area contributed by atoms with Crippen molar-refractivity contribution in [3.8, 4) is 6.07 Å². The molecule has 108 valence electrons. The fourth-order valence-electron chi connectivity index (χ4n) is 2.59. The van der Waals surface area contributed by atoms with Crippen molar-refractivity contribution in [2.45, 2.75) is 32.1 Å². The van der Waals surface area contributed by atoms with Crippen LogP contribution in [0.25, 0.3) is 0 Å². The van der Waals surface area contributed by atoms with Crippen molar-refractivity contribution < 1.29 is 4.79 Å². The van der Waals surface area contributed by atoms with Crippen LogP contribution in [0.15, 0.2) is 6.20 Å². The van der Waals surface area contributed by atoms with Crippen LogP contribution in [0.2, 0.25) is 0 Å². The van der Waals surface area contributed by atoms with Crippen LogP contribution in [-0.4, -0.2) is 16.1 Å². The van der Waals surface area contributed by atoms with Gasteiger partial charge in [-0.25, -0.2) is 0 Å². The Labute approximate surface area is 126 Å². The van der Waals surface area contributed by atoms with Gasteiger partial charge in [-0.2, -0.15) is 10.4 Å². The van der Waals surface area contributed by atoms with E-state index in [2.05, 4.69) is 21.6 Å². The molecule has 1 amide bonds. The molecule has 7 heteroatoms. The molecule has 0 saturated heterocycles. The van der Waals surface area contributed by atoms with Gasteiger partial charge in [-0.1, -0.05) is 6.42 Å². The minimum absolute atomic E-state index is 0.225. The Kier molecular flexibility index (Phi) is 3.62. The third-order valence-electron chi connectivity index (χ3n) is 3.66. The fourth-order valence-corrected chi connectivity index (χ4v) is 3.83. The Morgan fingerprint density at radius 2 is 2.24 bits per heavy atom. The highest BCUT2D eigenvalue weighted by molar-refractivity contribution is 7.16. The first kappa shape index (κ1) is 13.6. The van der Waals surface area contributed by atoms with E-state index in [1.807, 2.05) is 0 Å². The standard InChI is InChI=1S/C14H15N5OS/c15-6-9-8-4-2-1-3-5-11(8)21-14(9)18-13(20)12-10(16)7-17-19-12/h7H,1-5,16H2,(H,17,19)(H,18,20). The lowest BCUT2D eigenvalue weighted by molar-refractivity contribution is 0.102. The van der Waals surface area contributed by atoms with Gasteiger partial charge < -0.3 is 11.1 Å². The lowest BCUT2D eigenvalue weighted by Crippen LogP contribution is -2.14. The molecular weight excluding hydrogens is 286 g/mol. The highest BCUT2D eigenvalue weighted by Crippen LogP contribution is 2.37. The number of aromatic nitrogens is 2. The monoisotopic (exact) mass is 301 g/mol. The van der Waals surface area contributed by atoms with Gasteiger partial charge in [0.15, 0.2) is 0 Å². The number of nitrogens with two attached hydrogens (primary N) is 1. The van der Waals surface area contributed by atoms with Crippen molar-refractivity contribution in [1.82, 2.24) is 10.2 Å². The van der Waals surface area contributed by atoms with Crippen LogP contribution < -0.4 is 11.1 Å². The number of amides is 1. The number of nitriles is 1. The summed E-state index contributed by atoms with van der Waals surface area (Å²) in [6, 6.07) is 2.24. The number of nitrogens with one attached hydrogen (secondary N) is 2. The molecule has 0 spiro atoms. The largest absolute Gasteiger partial charge is 0.396 e. The van der Waals surface area contributed by atoms with Crippen LogP contribution in [-0.2, 0) is 12.8 Å². The Bertz CT molecular complexity index is 724. The lowest BCUT2D eigenvalue weighted by Gasteiger charge is -2.03. The van der Waals surface area contributed by atoms with Crippen molar-refractivity contribution >= 4 is 27.9 Å². The highest BCUT2D eigenvalue weighted by Gasteiger charge is 2.22. The van der Waals surface area contributed by atoms with Crippen LogP contribution in [0.4, 0.5) is 10.7 Å². The SMILES string of the molecule is N#Cc1c(NC(=O)c2[nH]ncc2N)sc2c1CCCCC2. The van der Waals surface area contributed by atoms with Gasteiger partial charge in [0, 0.05) is 4.88 Å². The molecule has 21 heavy (non-hydrogen) atoms. The molecule has 4 N–H and O–H groups in total. The first-order valence-corrected chi connectivity index (χ1v) is 7.67. The van der Waals surface area contributed by atoms with Crippen molar-refractivity contribution in [2.75, 3.05) is 11.1 Å². The third-order valence-corrected chi connectivity index (χ3v) is 4.86. The van der Waals surface area contributed by atoms with Crippen LogP contribution in [0.1, 0.15) is 45.8 Å². The van der Waals surface area contributed by atoms with E-state index in [1.54, 1.807) is 0 Å². The molecule has 2 aromatic heterocycles. The van der Waals surface area contributed by atoms with Crippen LogP contribution >= 0.6 is 11.3 Å². The molecule has 0 aliphatic heterocycles. The zero-order valence-corrected chi connectivity index (χ0v) is 12.2. The second kappa shape index (κ2) is 5.58. The van der Waals surface area contributed by atoms with Gasteiger partial charge in [0.05, 0.1) is 17.4 Å². The van der Waals surface area contributed by atoms with Crippen LogP contribution in [0.3, 0.4) is 0 Å². The van der Waals surface area contributed by atoms with Gasteiger partial charge in [-0.15, -0.1) is 11.3 Å². The molecule has 1 aliphatic carbocycles. The summed E-state index contributed by atoms with van der Waals surface area (Å²) in [5, 5.41) is 19.1. The molecule has 0 unspecified atom stereocenters. The molecule has 3 rings (SSSR count). The minimum Gasteiger partial charge on any atom is -0.396 e. The average Bonchev–Trinajstić information content (AvgIpc) is 2.95. The van der Waals surface area contributed by atoms with E-state index in [1.165, 1.54) is 28.8 Å². The maximum absolute atomic E-state index is 12.2. The number of nitrogen functional groups attached to an aromatic ring is 1. The predicted molar refractivity (Wildman–Crippen MR) is 81.2 cm³/mol. The van der Waals surface area contributed by atoms with Crippen molar-refractivity contribution in [1.29, 1.82) is 5.26 Å². The first-order chi connectivity index (χ1) is 10.2. The van der Waals surface area contributed by atoms with E-state index in [0.717, 1.165) is 31.2 Å². The molecule has 0 atom stereocenters. The number of aryl methyl sites for hydroxylation is 1. The molecule has 0 fully saturated rings. The normalized spacial score (nSPS) is 14.0. The van der Waals surface area contributed by atoms with E-state index < -0.39 is 0 Å². The van der Waals surface area contributed by atoms with E-state index in [4.69, 9.17) is 5.73 Å². The number of rotatable bonds is 2. The quantitative estimate of drug-likeness (QED) is 0.740. The number of nitrogens with zero attached hydrogens (tertiary/aromatic N) is 2. The van der Waals surface area contributed by atoms with E-state index in [0.29, 0.717) is 16.3 Å². The Morgan fingerprint density at radius 3 is 2.95 bits per heavy atom. The van der Waals surface area contributed by atoms with Gasteiger partial charge in [0.1, 0.15) is 16.8 Å². The number of thiophene rings is 1. The number of hydrogen-bond donors (Lipinski definition) is 3. The number of anilines is 2. The number of carbonyl (C=O) groups is 1. The summed E-state index contributed by atoms with van der Waals surface area (Å²) < 4.78 is 0. The van der Waals surface area contributed by atoms with Gasteiger partial charge in [-0.3, -0.25) is 9.89 Å². The molecule has 0 radical (unpaired) electrons. The Morgan fingerprint density at radius 1 is 1.43 bits per heavy atom. The van der Waals surface area contributed by atoms with Gasteiger partial charge in [-0.05, 0) is 31.2 Å². The van der Waals surface area contributed by atoms with Crippen molar-refractivity contribution in [3.05, 3.63) is 27.9 Å². The summed E-state index contributed by atoms with van der Waals surface area (Å²) in [7, 11) is 0. The smallest absolute Gasteiger partial charge is 0.276 e. The minimum atomic E-state index is -0.363. The zero-order chi connectivity index (χ0) is 14.8. The molecule has 2 heterocycles. The van der Waals surface area contributed by atoms with Crippen molar-refractivity contribution in [2.24, 2.45) is 0 Å². The summed E-state index contributed by atoms with van der Waals surface area (Å²) in [5.74, 6) is -0.363. The summed E-state index contributed by atoms with van der Waals surface area (Å²) in [5.41, 5.74) is 7.89. The van der Waals surface area contributed by atoms with Crippen LogP contribution in [0.5, 0.6) is 0 Å². The number of hydrogen-bond acceptors (Lipinski definition) is 5. The van der Waals surface area contributed by atoms with Gasteiger partial charge in [0.25, 0.3) is 5.91 Å². The number of fused-ring (bicyclic) bond motifs is 1. The Hall–Kier alpha value is -2.33. The van der Waals surface area contributed by atoms with E-state index in [-0.39, 0.29) is 11.6 Å². The Balaban J connectivity index is 1.91.